The van der Waals surface area contributed by atoms with E-state index in [2.05, 4.69) is 17.2 Å². The van der Waals surface area contributed by atoms with Crippen LogP contribution in [0, 0.1) is 0 Å². The highest BCUT2D eigenvalue weighted by Crippen LogP contribution is 1.98. The second kappa shape index (κ2) is 10.2. The third-order valence-electron chi connectivity index (χ3n) is 1.96. The van der Waals surface area contributed by atoms with Crippen molar-refractivity contribution in [1.82, 2.24) is 10.6 Å². The molecule has 0 aromatic heterocycles. The van der Waals surface area contributed by atoms with Gasteiger partial charge in [0.25, 0.3) is 0 Å². The van der Waals surface area contributed by atoms with Crippen molar-refractivity contribution in [1.29, 1.82) is 0 Å². The Morgan fingerprint density at radius 3 is 2.62 bits per heavy atom. The Bertz CT molecular complexity index is 229. The Balaban J connectivity index is 3.21. The Hall–Kier alpha value is -1.36. The summed E-state index contributed by atoms with van der Waals surface area (Å²) < 4.78 is 0. The maximum atomic E-state index is 11.2. The fraction of sp³-hybridized carbons (Fsp3) is 0.636. The SMILES string of the molecule is C=CCNCC(=O)NCCCCCC(=O)O. The molecule has 92 valence electrons. The lowest BCUT2D eigenvalue weighted by Crippen LogP contribution is -2.34. The molecule has 0 aliphatic carbocycles. The average Bonchev–Trinajstić information content (AvgIpc) is 2.23. The number of nitrogens with one attached hydrogen (secondary N) is 2. The number of carbonyl (C=O) groups is 2. The van der Waals surface area contributed by atoms with Crippen LogP contribution >= 0.6 is 0 Å². The molecule has 0 aromatic rings. The van der Waals surface area contributed by atoms with E-state index in [4.69, 9.17) is 5.11 Å². The minimum absolute atomic E-state index is 0.0416. The zero-order valence-electron chi connectivity index (χ0n) is 9.50. The maximum absolute atomic E-state index is 11.2. The lowest BCUT2D eigenvalue weighted by atomic mass is 10.2. The van der Waals surface area contributed by atoms with Gasteiger partial charge < -0.3 is 15.7 Å². The molecule has 16 heavy (non-hydrogen) atoms. The summed E-state index contributed by atoms with van der Waals surface area (Å²) in [5.74, 6) is -0.808. The van der Waals surface area contributed by atoms with Crippen LogP contribution in [-0.4, -0.2) is 36.6 Å². The van der Waals surface area contributed by atoms with Gasteiger partial charge in [0, 0.05) is 19.5 Å². The fourth-order valence-electron chi connectivity index (χ4n) is 1.16. The van der Waals surface area contributed by atoms with Gasteiger partial charge >= 0.3 is 5.97 Å². The van der Waals surface area contributed by atoms with Crippen molar-refractivity contribution in [3.63, 3.8) is 0 Å². The highest BCUT2D eigenvalue weighted by atomic mass is 16.4. The first-order valence-electron chi connectivity index (χ1n) is 5.47. The number of amides is 1. The Labute approximate surface area is 95.9 Å². The van der Waals surface area contributed by atoms with E-state index in [0.29, 0.717) is 26.1 Å². The first kappa shape index (κ1) is 14.6. The van der Waals surface area contributed by atoms with Crippen LogP contribution in [0.15, 0.2) is 12.7 Å². The smallest absolute Gasteiger partial charge is 0.303 e. The van der Waals surface area contributed by atoms with E-state index < -0.39 is 5.97 Å². The van der Waals surface area contributed by atoms with E-state index in [-0.39, 0.29) is 12.3 Å². The number of carbonyl (C=O) groups excluding carboxylic acids is 1. The molecule has 5 heteroatoms. The second-order valence-corrected chi connectivity index (χ2v) is 3.47. The Morgan fingerprint density at radius 2 is 2.00 bits per heavy atom. The molecule has 0 bridgehead atoms. The zero-order valence-corrected chi connectivity index (χ0v) is 9.50. The third-order valence-corrected chi connectivity index (χ3v) is 1.96. The second-order valence-electron chi connectivity index (χ2n) is 3.47. The minimum atomic E-state index is -0.766. The van der Waals surface area contributed by atoms with Crippen molar-refractivity contribution in [3.8, 4) is 0 Å². The number of hydrogen-bond acceptors (Lipinski definition) is 3. The van der Waals surface area contributed by atoms with Gasteiger partial charge in [-0.1, -0.05) is 12.5 Å². The number of carboxylic acids is 1. The first-order chi connectivity index (χ1) is 7.66. The Kier molecular flexibility index (Phi) is 9.30. The molecule has 0 unspecified atom stereocenters. The molecule has 5 nitrogen and oxygen atoms in total. The summed E-state index contributed by atoms with van der Waals surface area (Å²) in [6.07, 6.45) is 4.21. The van der Waals surface area contributed by atoms with E-state index in [1.54, 1.807) is 6.08 Å². The molecular weight excluding hydrogens is 208 g/mol. The summed E-state index contributed by atoms with van der Waals surface area (Å²) in [6, 6.07) is 0. The van der Waals surface area contributed by atoms with E-state index in [1.165, 1.54) is 0 Å². The highest BCUT2D eigenvalue weighted by molar-refractivity contribution is 5.77. The van der Waals surface area contributed by atoms with Gasteiger partial charge in [-0.3, -0.25) is 9.59 Å². The van der Waals surface area contributed by atoms with Gasteiger partial charge in [0.05, 0.1) is 6.54 Å². The molecule has 0 aliphatic heterocycles. The molecule has 0 fully saturated rings. The number of aliphatic carboxylic acids is 1. The molecule has 3 N–H and O–H groups in total. The molecule has 1 amide bonds. The average molecular weight is 228 g/mol. The van der Waals surface area contributed by atoms with Crippen LogP contribution in [0.5, 0.6) is 0 Å². The summed E-state index contributed by atoms with van der Waals surface area (Å²) in [7, 11) is 0. The summed E-state index contributed by atoms with van der Waals surface area (Å²) in [5.41, 5.74) is 0. The monoisotopic (exact) mass is 228 g/mol. The summed E-state index contributed by atoms with van der Waals surface area (Å²) in [5, 5.41) is 14.0. The van der Waals surface area contributed by atoms with E-state index in [1.807, 2.05) is 0 Å². The van der Waals surface area contributed by atoms with E-state index in [9.17, 15) is 9.59 Å². The van der Waals surface area contributed by atoms with Crippen LogP contribution in [-0.2, 0) is 9.59 Å². The van der Waals surface area contributed by atoms with Crippen LogP contribution in [0.4, 0.5) is 0 Å². The molecule has 0 atom stereocenters. The molecular formula is C11H20N2O3. The molecule has 0 spiro atoms. The van der Waals surface area contributed by atoms with Crippen molar-refractivity contribution in [2.75, 3.05) is 19.6 Å². The Morgan fingerprint density at radius 1 is 1.25 bits per heavy atom. The van der Waals surface area contributed by atoms with Gasteiger partial charge in [0.2, 0.25) is 5.91 Å². The van der Waals surface area contributed by atoms with Crippen molar-refractivity contribution in [3.05, 3.63) is 12.7 Å². The van der Waals surface area contributed by atoms with Gasteiger partial charge in [-0.05, 0) is 12.8 Å². The lowest BCUT2D eigenvalue weighted by Gasteiger charge is -2.04. The van der Waals surface area contributed by atoms with E-state index in [0.717, 1.165) is 12.8 Å². The van der Waals surface area contributed by atoms with Gasteiger partial charge in [-0.2, -0.15) is 0 Å². The topological polar surface area (TPSA) is 78.4 Å². The van der Waals surface area contributed by atoms with Crippen LogP contribution in [0.25, 0.3) is 0 Å². The highest BCUT2D eigenvalue weighted by Gasteiger charge is 1.99. The third kappa shape index (κ3) is 10.7. The molecule has 0 aliphatic rings. The maximum Gasteiger partial charge on any atom is 0.303 e. The predicted molar refractivity (Wildman–Crippen MR) is 62.2 cm³/mol. The molecule has 0 aromatic carbocycles. The van der Waals surface area contributed by atoms with Gasteiger partial charge in [0.1, 0.15) is 0 Å². The van der Waals surface area contributed by atoms with Gasteiger partial charge in [-0.15, -0.1) is 6.58 Å². The summed E-state index contributed by atoms with van der Waals surface area (Å²) >= 11 is 0. The number of hydrogen-bond donors (Lipinski definition) is 3. The van der Waals surface area contributed by atoms with Crippen LogP contribution in [0.3, 0.4) is 0 Å². The van der Waals surface area contributed by atoms with Crippen LogP contribution < -0.4 is 10.6 Å². The fourth-order valence-corrected chi connectivity index (χ4v) is 1.16. The largest absolute Gasteiger partial charge is 0.481 e. The molecule has 0 radical (unpaired) electrons. The molecule has 0 saturated heterocycles. The molecule has 0 heterocycles. The quantitative estimate of drug-likeness (QED) is 0.376. The van der Waals surface area contributed by atoms with Crippen LogP contribution in [0.2, 0.25) is 0 Å². The van der Waals surface area contributed by atoms with Crippen molar-refractivity contribution >= 4 is 11.9 Å². The number of unbranched alkanes of at least 4 members (excludes halogenated alkanes) is 2. The van der Waals surface area contributed by atoms with E-state index >= 15 is 0 Å². The predicted octanol–water partition coefficient (Wildman–Crippen LogP) is 0.523. The zero-order chi connectivity index (χ0) is 12.2. The molecule has 0 saturated carbocycles. The standard InChI is InChI=1S/C11H20N2O3/c1-2-7-12-9-10(14)13-8-5-3-4-6-11(15)16/h2,12H,1,3-9H2,(H,13,14)(H,15,16). The number of carboxylic acid groups (broad SMARTS) is 1. The molecule has 0 rings (SSSR count). The number of rotatable bonds is 10. The minimum Gasteiger partial charge on any atom is -0.481 e. The van der Waals surface area contributed by atoms with Crippen molar-refractivity contribution in [2.24, 2.45) is 0 Å². The normalized spacial score (nSPS) is 9.75. The van der Waals surface area contributed by atoms with Gasteiger partial charge in [-0.25, -0.2) is 0 Å². The van der Waals surface area contributed by atoms with Crippen molar-refractivity contribution in [2.45, 2.75) is 25.7 Å². The first-order valence-corrected chi connectivity index (χ1v) is 5.47. The van der Waals surface area contributed by atoms with Crippen molar-refractivity contribution < 1.29 is 14.7 Å². The summed E-state index contributed by atoms with van der Waals surface area (Å²) in [6.45, 7) is 5.04. The van der Waals surface area contributed by atoms with Gasteiger partial charge in [0.15, 0.2) is 0 Å². The van der Waals surface area contributed by atoms with Crippen LogP contribution in [0.1, 0.15) is 25.7 Å². The lowest BCUT2D eigenvalue weighted by molar-refractivity contribution is -0.137. The summed E-state index contributed by atoms with van der Waals surface area (Å²) in [4.78, 5) is 21.4.